The van der Waals surface area contributed by atoms with Crippen molar-refractivity contribution in [2.75, 3.05) is 13.1 Å². The summed E-state index contributed by atoms with van der Waals surface area (Å²) in [5.41, 5.74) is 3.75. The number of likely N-dealkylation sites (tertiary alicyclic amines) is 1. The number of nitrogens with one attached hydrogen (secondary N) is 1. The summed E-state index contributed by atoms with van der Waals surface area (Å²) in [7, 11) is 1.92. The first kappa shape index (κ1) is 19.2. The molecule has 0 saturated carbocycles. The number of amides is 1. The lowest BCUT2D eigenvalue weighted by Crippen LogP contribution is -2.31. The molecule has 11 heteroatoms. The summed E-state index contributed by atoms with van der Waals surface area (Å²) in [4.78, 5) is 27.8. The smallest absolute Gasteiger partial charge is 0.271 e. The molecule has 11 nitrogen and oxygen atoms in total. The zero-order chi connectivity index (χ0) is 21.5. The van der Waals surface area contributed by atoms with E-state index in [-0.39, 0.29) is 12.0 Å². The molecule has 0 aromatic carbocycles. The third-order valence-electron chi connectivity index (χ3n) is 5.71. The van der Waals surface area contributed by atoms with Crippen LogP contribution in [0.1, 0.15) is 29.5 Å². The molecule has 1 N–H and O–H groups in total. The lowest BCUT2D eigenvalue weighted by Gasteiger charge is -2.16. The molecular weight excluding hydrogens is 398 g/mol. The van der Waals surface area contributed by atoms with Crippen LogP contribution in [-0.2, 0) is 13.6 Å². The molecule has 1 unspecified atom stereocenters. The van der Waals surface area contributed by atoms with Gasteiger partial charge in [0.15, 0.2) is 11.2 Å². The summed E-state index contributed by atoms with van der Waals surface area (Å²) in [6.07, 6.45) is 5.42. The van der Waals surface area contributed by atoms with Gasteiger partial charge in [-0.25, -0.2) is 9.97 Å². The molecule has 5 heterocycles. The average molecular weight is 421 g/mol. The second-order valence-electron chi connectivity index (χ2n) is 7.55. The number of carbonyl (C=O) groups excluding carboxylic acids is 1. The van der Waals surface area contributed by atoms with Crippen LogP contribution in [0.15, 0.2) is 24.8 Å². The van der Waals surface area contributed by atoms with Gasteiger partial charge >= 0.3 is 0 Å². The topological polar surface area (TPSA) is 120 Å². The summed E-state index contributed by atoms with van der Waals surface area (Å²) < 4.78 is 10.0. The lowest BCUT2D eigenvalue weighted by atomic mass is 10.2. The van der Waals surface area contributed by atoms with Crippen molar-refractivity contribution in [1.29, 1.82) is 0 Å². The summed E-state index contributed by atoms with van der Waals surface area (Å²) in [6, 6.07) is 1.67. The second kappa shape index (κ2) is 7.49. The predicted octanol–water partition coefficient (Wildman–Crippen LogP) is 1.57. The first-order valence-corrected chi connectivity index (χ1v) is 10.2. The Balaban J connectivity index is 1.41. The van der Waals surface area contributed by atoms with Crippen LogP contribution < -0.4 is 4.74 Å². The van der Waals surface area contributed by atoms with E-state index < -0.39 is 0 Å². The van der Waals surface area contributed by atoms with Gasteiger partial charge < -0.3 is 14.2 Å². The number of aromatic nitrogens is 8. The minimum Gasteiger partial charge on any atom is -0.471 e. The molecule has 1 fully saturated rings. The molecule has 0 radical (unpaired) electrons. The Morgan fingerprint density at radius 1 is 1.35 bits per heavy atom. The molecule has 1 atom stereocenters. The van der Waals surface area contributed by atoms with E-state index in [9.17, 15) is 4.79 Å². The molecule has 1 aliphatic heterocycles. The summed E-state index contributed by atoms with van der Waals surface area (Å²) in [5, 5.41) is 11.0. The number of hydrogen-bond acceptors (Lipinski definition) is 7. The Kier molecular flexibility index (Phi) is 4.64. The number of hydrogen-bond donors (Lipinski definition) is 1. The van der Waals surface area contributed by atoms with E-state index in [2.05, 4.69) is 32.2 Å². The summed E-state index contributed by atoms with van der Waals surface area (Å²) in [6.45, 7) is 5.96. The number of ether oxygens (including phenoxy) is 1. The van der Waals surface area contributed by atoms with Crippen molar-refractivity contribution < 1.29 is 9.53 Å². The maximum absolute atomic E-state index is 12.5. The van der Waals surface area contributed by atoms with Crippen LogP contribution in [0.3, 0.4) is 0 Å². The normalized spacial score (nSPS) is 16.4. The number of fused-ring (bicyclic) bond motifs is 1. The van der Waals surface area contributed by atoms with Crippen molar-refractivity contribution in [2.24, 2.45) is 7.05 Å². The van der Waals surface area contributed by atoms with Gasteiger partial charge in [0.1, 0.15) is 23.9 Å². The van der Waals surface area contributed by atoms with E-state index in [0.29, 0.717) is 42.2 Å². The highest BCUT2D eigenvalue weighted by Crippen LogP contribution is 2.30. The number of nitrogens with zero attached hydrogens (tertiary/aromatic N) is 8. The molecule has 1 aliphatic rings. The highest BCUT2D eigenvalue weighted by molar-refractivity contribution is 5.92. The summed E-state index contributed by atoms with van der Waals surface area (Å²) >= 11 is 0. The molecule has 160 valence electrons. The van der Waals surface area contributed by atoms with Crippen molar-refractivity contribution in [3.05, 3.63) is 36.2 Å². The van der Waals surface area contributed by atoms with Gasteiger partial charge in [-0.1, -0.05) is 0 Å². The average Bonchev–Trinajstić information content (AvgIpc) is 3.56. The standard InChI is InChI=1S/C20H23N9O2/c1-4-29-12(2)14(9-24-29)17-25-16-18(27(17)3)21-11-22-19(16)31-13-6-8-28(10-13)20(30)15-5-7-23-26-15/h5,7,9,11,13H,4,6,8,10H2,1-3H3,(H,23,26). The SMILES string of the molecule is CCn1ncc(-c2nc3c(OC4CCN(C(=O)c5ccn[nH]5)C4)ncnc3n2C)c1C. The highest BCUT2D eigenvalue weighted by atomic mass is 16.5. The Bertz CT molecular complexity index is 1240. The molecule has 0 aliphatic carbocycles. The van der Waals surface area contributed by atoms with E-state index in [1.807, 2.05) is 29.4 Å². The Labute approximate surface area is 178 Å². The van der Waals surface area contributed by atoms with Crippen molar-refractivity contribution in [1.82, 2.24) is 44.4 Å². The molecular formula is C20H23N9O2. The fourth-order valence-corrected chi connectivity index (χ4v) is 4.00. The Morgan fingerprint density at radius 2 is 2.23 bits per heavy atom. The maximum atomic E-state index is 12.5. The largest absolute Gasteiger partial charge is 0.471 e. The van der Waals surface area contributed by atoms with Gasteiger partial charge in [0, 0.05) is 38.4 Å². The number of imidazole rings is 1. The Hall–Kier alpha value is -3.76. The molecule has 4 aromatic heterocycles. The Morgan fingerprint density at radius 3 is 2.97 bits per heavy atom. The van der Waals surface area contributed by atoms with Crippen LogP contribution in [0.25, 0.3) is 22.6 Å². The zero-order valence-electron chi connectivity index (χ0n) is 17.6. The second-order valence-corrected chi connectivity index (χ2v) is 7.55. The van der Waals surface area contributed by atoms with Crippen LogP contribution in [0, 0.1) is 6.92 Å². The number of rotatable bonds is 5. The van der Waals surface area contributed by atoms with Crippen molar-refractivity contribution in [3.63, 3.8) is 0 Å². The van der Waals surface area contributed by atoms with E-state index in [1.165, 1.54) is 6.33 Å². The van der Waals surface area contributed by atoms with Crippen molar-refractivity contribution >= 4 is 17.1 Å². The van der Waals surface area contributed by atoms with Gasteiger partial charge in [-0.2, -0.15) is 15.2 Å². The van der Waals surface area contributed by atoms with Gasteiger partial charge in [-0.05, 0) is 19.9 Å². The molecule has 0 bridgehead atoms. The van der Waals surface area contributed by atoms with Crippen molar-refractivity contribution in [2.45, 2.75) is 32.9 Å². The van der Waals surface area contributed by atoms with Crippen LogP contribution in [0.2, 0.25) is 0 Å². The number of carbonyl (C=O) groups is 1. The van der Waals surface area contributed by atoms with Gasteiger partial charge in [0.05, 0.1) is 18.3 Å². The number of aromatic amines is 1. The van der Waals surface area contributed by atoms with Crippen LogP contribution in [0.4, 0.5) is 0 Å². The van der Waals surface area contributed by atoms with Crippen LogP contribution in [0.5, 0.6) is 5.88 Å². The highest BCUT2D eigenvalue weighted by Gasteiger charge is 2.30. The third-order valence-corrected chi connectivity index (χ3v) is 5.71. The van der Waals surface area contributed by atoms with Crippen LogP contribution >= 0.6 is 0 Å². The maximum Gasteiger partial charge on any atom is 0.271 e. The van der Waals surface area contributed by atoms with E-state index in [4.69, 9.17) is 9.72 Å². The molecule has 1 saturated heterocycles. The van der Waals surface area contributed by atoms with Gasteiger partial charge in [-0.3, -0.25) is 14.6 Å². The van der Waals surface area contributed by atoms with E-state index in [0.717, 1.165) is 23.6 Å². The number of aryl methyl sites for hydroxylation is 2. The van der Waals surface area contributed by atoms with Gasteiger partial charge in [0.25, 0.3) is 5.91 Å². The molecule has 5 rings (SSSR count). The third kappa shape index (κ3) is 3.22. The van der Waals surface area contributed by atoms with Gasteiger partial charge in [0.2, 0.25) is 5.88 Å². The van der Waals surface area contributed by atoms with E-state index in [1.54, 1.807) is 17.2 Å². The van der Waals surface area contributed by atoms with Crippen LogP contribution in [-0.4, -0.2) is 69.5 Å². The monoisotopic (exact) mass is 421 g/mol. The molecule has 4 aromatic rings. The first-order chi connectivity index (χ1) is 15.1. The zero-order valence-corrected chi connectivity index (χ0v) is 17.6. The predicted molar refractivity (Wildman–Crippen MR) is 111 cm³/mol. The summed E-state index contributed by atoms with van der Waals surface area (Å²) in [5.74, 6) is 1.10. The number of H-pyrrole nitrogens is 1. The lowest BCUT2D eigenvalue weighted by molar-refractivity contribution is 0.0766. The van der Waals surface area contributed by atoms with E-state index >= 15 is 0 Å². The quantitative estimate of drug-likeness (QED) is 0.519. The molecule has 31 heavy (non-hydrogen) atoms. The first-order valence-electron chi connectivity index (χ1n) is 10.2. The van der Waals surface area contributed by atoms with Gasteiger partial charge in [-0.15, -0.1) is 0 Å². The fourth-order valence-electron chi connectivity index (χ4n) is 4.00. The minimum absolute atomic E-state index is 0.0834. The molecule has 1 amide bonds. The fraction of sp³-hybridized carbons (Fsp3) is 0.400. The molecule has 0 spiro atoms. The minimum atomic E-state index is -0.167. The van der Waals surface area contributed by atoms with Crippen molar-refractivity contribution in [3.8, 4) is 17.3 Å².